The third kappa shape index (κ3) is 3.55. The van der Waals surface area contributed by atoms with Crippen LogP contribution in [0.4, 0.5) is 0 Å². The van der Waals surface area contributed by atoms with Gasteiger partial charge in [-0.3, -0.25) is 4.90 Å². The molecule has 31 heavy (non-hydrogen) atoms. The van der Waals surface area contributed by atoms with Crippen molar-refractivity contribution in [2.24, 2.45) is 0 Å². The van der Waals surface area contributed by atoms with Crippen molar-refractivity contribution in [1.29, 1.82) is 0 Å². The maximum absolute atomic E-state index is 6.88. The highest BCUT2D eigenvalue weighted by Gasteiger charge is 2.47. The van der Waals surface area contributed by atoms with Gasteiger partial charge >= 0.3 is 0 Å². The van der Waals surface area contributed by atoms with Crippen molar-refractivity contribution < 1.29 is 9.47 Å². The highest BCUT2D eigenvalue weighted by molar-refractivity contribution is 5.87. The van der Waals surface area contributed by atoms with Crippen LogP contribution in [0.1, 0.15) is 23.6 Å². The summed E-state index contributed by atoms with van der Waals surface area (Å²) in [4.78, 5) is 2.39. The highest BCUT2D eigenvalue weighted by atomic mass is 16.5. The van der Waals surface area contributed by atoms with Crippen LogP contribution in [0.2, 0.25) is 0 Å². The van der Waals surface area contributed by atoms with Crippen LogP contribution in [0.25, 0.3) is 5.57 Å². The summed E-state index contributed by atoms with van der Waals surface area (Å²) < 4.78 is 12.6. The molecule has 0 unspecified atom stereocenters. The zero-order valence-electron chi connectivity index (χ0n) is 17.7. The second-order valence-corrected chi connectivity index (χ2v) is 7.82. The number of rotatable bonds is 2. The van der Waals surface area contributed by atoms with Gasteiger partial charge in [0.1, 0.15) is 5.75 Å². The van der Waals surface area contributed by atoms with Crippen molar-refractivity contribution in [3.63, 3.8) is 0 Å². The topological polar surface area (TPSA) is 21.7 Å². The molecule has 154 valence electrons. The predicted molar refractivity (Wildman–Crippen MR) is 123 cm³/mol. The maximum Gasteiger partial charge on any atom is 0.213 e. The Labute approximate surface area is 183 Å². The summed E-state index contributed by atoms with van der Waals surface area (Å²) in [6, 6.07) is 28.8. The van der Waals surface area contributed by atoms with Gasteiger partial charge in [-0.15, -0.1) is 0 Å². The molecule has 2 heterocycles. The first kappa shape index (κ1) is 19.6. The molecule has 3 aromatic rings. The average molecular weight is 408 g/mol. The largest absolute Gasteiger partial charge is 0.464 e. The number of fused-ring (bicyclic) bond motifs is 1. The summed E-state index contributed by atoms with van der Waals surface area (Å²) in [5.41, 5.74) is 4.60. The maximum atomic E-state index is 6.88. The minimum absolute atomic E-state index is 0.692. The minimum Gasteiger partial charge on any atom is -0.464 e. The van der Waals surface area contributed by atoms with Crippen LogP contribution < -0.4 is 4.74 Å². The van der Waals surface area contributed by atoms with E-state index in [0.29, 0.717) is 13.2 Å². The van der Waals surface area contributed by atoms with Gasteiger partial charge in [-0.05, 0) is 31.2 Å². The minimum atomic E-state index is -0.708. The molecule has 0 amide bonds. The van der Waals surface area contributed by atoms with Crippen LogP contribution in [0, 0.1) is 11.8 Å². The van der Waals surface area contributed by atoms with Gasteiger partial charge in [0.2, 0.25) is 5.72 Å². The van der Waals surface area contributed by atoms with Crippen LogP contribution in [0.3, 0.4) is 0 Å². The van der Waals surface area contributed by atoms with Crippen LogP contribution >= 0.6 is 0 Å². The quantitative estimate of drug-likeness (QED) is 0.553. The Kier molecular flexibility index (Phi) is 5.34. The molecule has 5 rings (SSSR count). The Hall–Kier alpha value is -3.32. The molecular formula is C28H25NO2. The molecule has 0 radical (unpaired) electrons. The van der Waals surface area contributed by atoms with Gasteiger partial charge in [0.05, 0.1) is 13.2 Å². The standard InChI is InChI=1S/C28H25NO2/c1-22-25(17-16-23-10-4-2-5-11-23)26-14-8-9-15-27(26)31-28(22,24-12-6-3-7-13-24)29-18-20-30-21-19-29/h2-15H,18-21H2,1H3/t28-/m1/s1. The van der Waals surface area contributed by atoms with Gasteiger partial charge in [0, 0.05) is 40.9 Å². The van der Waals surface area contributed by atoms with E-state index >= 15 is 0 Å². The van der Waals surface area contributed by atoms with E-state index in [4.69, 9.17) is 9.47 Å². The number of para-hydroxylation sites is 1. The van der Waals surface area contributed by atoms with E-state index < -0.39 is 5.72 Å². The highest BCUT2D eigenvalue weighted by Crippen LogP contribution is 2.47. The summed E-state index contributed by atoms with van der Waals surface area (Å²) in [5, 5.41) is 0. The lowest BCUT2D eigenvalue weighted by Crippen LogP contribution is -2.56. The van der Waals surface area contributed by atoms with Crippen molar-refractivity contribution in [2.45, 2.75) is 12.6 Å². The molecule has 3 heteroatoms. The van der Waals surface area contributed by atoms with E-state index in [1.807, 2.05) is 54.6 Å². The number of ether oxygens (including phenoxy) is 2. The van der Waals surface area contributed by atoms with Gasteiger partial charge in [0.25, 0.3) is 0 Å². The van der Waals surface area contributed by atoms with Crippen LogP contribution in [-0.4, -0.2) is 31.2 Å². The first-order chi connectivity index (χ1) is 15.3. The molecule has 0 bridgehead atoms. The third-order valence-electron chi connectivity index (χ3n) is 6.02. The summed E-state index contributed by atoms with van der Waals surface area (Å²) in [7, 11) is 0. The van der Waals surface area contributed by atoms with E-state index in [2.05, 4.69) is 54.0 Å². The normalized spacial score (nSPS) is 20.9. The second kappa shape index (κ2) is 8.43. The van der Waals surface area contributed by atoms with Crippen LogP contribution in [-0.2, 0) is 10.5 Å². The van der Waals surface area contributed by atoms with Crippen LogP contribution in [0.5, 0.6) is 5.75 Å². The zero-order chi connectivity index (χ0) is 21.1. The number of hydrogen-bond acceptors (Lipinski definition) is 3. The molecule has 1 saturated heterocycles. The average Bonchev–Trinajstić information content (AvgIpc) is 2.85. The SMILES string of the molecule is CC1=C(C#Cc2ccccc2)c2ccccc2O[C@]1(c1ccccc1)N1CCOCC1. The molecule has 1 atom stereocenters. The van der Waals surface area contributed by atoms with E-state index in [-0.39, 0.29) is 0 Å². The number of nitrogens with zero attached hydrogens (tertiary/aromatic N) is 1. The van der Waals surface area contributed by atoms with E-state index in [0.717, 1.165) is 46.7 Å². The van der Waals surface area contributed by atoms with Crippen molar-refractivity contribution in [3.05, 3.63) is 107 Å². The predicted octanol–water partition coefficient (Wildman–Crippen LogP) is 5.09. The van der Waals surface area contributed by atoms with Gasteiger partial charge in [-0.25, -0.2) is 0 Å². The fourth-order valence-corrected chi connectivity index (χ4v) is 4.49. The molecule has 0 aromatic heterocycles. The molecule has 2 aliphatic rings. The van der Waals surface area contributed by atoms with Crippen molar-refractivity contribution in [3.8, 4) is 17.6 Å². The molecular weight excluding hydrogens is 382 g/mol. The molecule has 0 saturated carbocycles. The molecule has 0 spiro atoms. The Bertz CT molecular complexity index is 1150. The smallest absolute Gasteiger partial charge is 0.213 e. The Morgan fingerprint density at radius 3 is 2.16 bits per heavy atom. The lowest BCUT2D eigenvalue weighted by Gasteiger charge is -2.48. The van der Waals surface area contributed by atoms with Crippen molar-refractivity contribution in [1.82, 2.24) is 4.90 Å². The van der Waals surface area contributed by atoms with Gasteiger partial charge < -0.3 is 9.47 Å². The Morgan fingerprint density at radius 2 is 1.42 bits per heavy atom. The number of morpholine rings is 1. The van der Waals surface area contributed by atoms with E-state index in [1.54, 1.807) is 0 Å². The monoisotopic (exact) mass is 407 g/mol. The number of allylic oxidation sites excluding steroid dienone is 1. The van der Waals surface area contributed by atoms with E-state index in [1.165, 1.54) is 0 Å². The third-order valence-corrected chi connectivity index (χ3v) is 6.02. The lowest BCUT2D eigenvalue weighted by molar-refractivity contribution is -0.106. The Balaban J connectivity index is 1.74. The summed E-state index contributed by atoms with van der Waals surface area (Å²) >= 11 is 0. The Morgan fingerprint density at radius 1 is 0.774 bits per heavy atom. The molecule has 3 nitrogen and oxygen atoms in total. The molecule has 3 aromatic carbocycles. The summed E-state index contributed by atoms with van der Waals surface area (Å²) in [5.74, 6) is 7.73. The fraction of sp³-hybridized carbons (Fsp3) is 0.214. The number of benzene rings is 3. The molecule has 2 aliphatic heterocycles. The molecule has 1 fully saturated rings. The summed E-state index contributed by atoms with van der Waals surface area (Å²) in [6.45, 7) is 5.14. The number of hydrogen-bond donors (Lipinski definition) is 0. The van der Waals surface area contributed by atoms with Gasteiger partial charge in [0.15, 0.2) is 0 Å². The lowest BCUT2D eigenvalue weighted by atomic mass is 9.84. The summed E-state index contributed by atoms with van der Waals surface area (Å²) in [6.07, 6.45) is 0. The second-order valence-electron chi connectivity index (χ2n) is 7.82. The first-order valence-corrected chi connectivity index (χ1v) is 10.7. The fourth-order valence-electron chi connectivity index (χ4n) is 4.49. The van der Waals surface area contributed by atoms with Crippen molar-refractivity contribution in [2.75, 3.05) is 26.3 Å². The first-order valence-electron chi connectivity index (χ1n) is 10.7. The van der Waals surface area contributed by atoms with E-state index in [9.17, 15) is 0 Å². The van der Waals surface area contributed by atoms with Crippen LogP contribution in [0.15, 0.2) is 90.5 Å². The molecule has 0 aliphatic carbocycles. The van der Waals surface area contributed by atoms with Gasteiger partial charge in [-0.2, -0.15) is 0 Å². The zero-order valence-corrected chi connectivity index (χ0v) is 17.7. The molecule has 0 N–H and O–H groups in total. The van der Waals surface area contributed by atoms with Crippen molar-refractivity contribution >= 4 is 5.57 Å². The van der Waals surface area contributed by atoms with Gasteiger partial charge in [-0.1, -0.05) is 72.5 Å².